The summed E-state index contributed by atoms with van der Waals surface area (Å²) >= 11 is 0. The minimum atomic E-state index is -4.92. The molecule has 0 aliphatic rings. The largest absolute Gasteiger partial charge is 1.00 e. The van der Waals surface area contributed by atoms with E-state index < -0.39 is 15.5 Å². The zero-order chi connectivity index (χ0) is 8.08. The molecule has 1 N–H and O–H groups in total. The van der Waals surface area contributed by atoms with Crippen molar-refractivity contribution in [3.63, 3.8) is 0 Å². The molecule has 0 rings (SSSR count). The monoisotopic (exact) mass is 263 g/mol. The molecule has 0 unspecified atom stereocenters. The van der Waals surface area contributed by atoms with Gasteiger partial charge in [0.15, 0.2) is 0 Å². The maximum Gasteiger partial charge on any atom is 1.00 e. The smallest absolute Gasteiger partial charge is 1.00 e. The summed E-state index contributed by atoms with van der Waals surface area (Å²) in [4.78, 5) is 8.25. The molecule has 0 radical (unpaired) electrons. The molecule has 0 spiro atoms. The van der Waals surface area contributed by atoms with Crippen molar-refractivity contribution in [3.05, 3.63) is 15.3 Å². The van der Waals surface area contributed by atoms with Crippen molar-refractivity contribution in [2.45, 2.75) is 0 Å². The van der Waals surface area contributed by atoms with Crippen LogP contribution in [0.5, 0.6) is 0 Å². The van der Waals surface area contributed by atoms with Gasteiger partial charge in [0.1, 0.15) is 0 Å². The molecule has 0 aliphatic heterocycles. The molecule has 64 valence electrons. The predicted octanol–water partition coefficient (Wildman–Crippen LogP) is -13.2. The van der Waals surface area contributed by atoms with Crippen molar-refractivity contribution in [2.75, 3.05) is 0 Å². The van der Waals surface area contributed by atoms with E-state index in [0.29, 0.717) is 0 Å². The van der Waals surface area contributed by atoms with Crippen LogP contribution in [0, 0.1) is 15.3 Å². The Kier molecular flexibility index (Phi) is 55.2. The average molecular weight is 263 g/mol. The molecule has 13 heteroatoms. The van der Waals surface area contributed by atoms with Gasteiger partial charge in [-0.15, -0.1) is 0 Å². The van der Waals surface area contributed by atoms with Crippen LogP contribution in [-0.2, 0) is 10.4 Å². The standard InChI is InChI=1S/ClH.NO3.3Na.H2O4S/c;2-1(3)4;;;;1-5(2,3)4/h1H;;;;;(H2,1,2,3,4)/q;-1;3*+1;/p-2. The normalized spacial score (nSPS) is 6.31. The quantitative estimate of drug-likeness (QED) is 0.150. The molecule has 0 atom stereocenters. The van der Waals surface area contributed by atoms with Crippen LogP contribution in [0.25, 0.3) is 0 Å². The third kappa shape index (κ3) is 394. The summed E-state index contributed by atoms with van der Waals surface area (Å²) in [5.41, 5.74) is 0. The Morgan fingerprint density at radius 2 is 1.08 bits per heavy atom. The Bertz CT molecular complexity index is 166. The number of rotatable bonds is 0. The summed E-state index contributed by atoms with van der Waals surface area (Å²) in [6, 6.07) is 0. The van der Waals surface area contributed by atoms with E-state index in [9.17, 15) is 0 Å². The molecule has 0 saturated heterocycles. The Morgan fingerprint density at radius 1 is 1.08 bits per heavy atom. The van der Waals surface area contributed by atoms with E-state index in [-0.39, 0.29) is 101 Å². The van der Waals surface area contributed by atoms with E-state index in [4.69, 9.17) is 32.8 Å². The first-order valence-electron chi connectivity index (χ1n) is 1.23. The third-order valence-corrected chi connectivity index (χ3v) is 0. The molecule has 0 bridgehead atoms. The fraction of sp³-hybridized carbons (Fsp3) is 0. The van der Waals surface area contributed by atoms with Crippen LogP contribution < -0.4 is 101 Å². The molecule has 0 saturated carbocycles. The molecule has 0 aliphatic carbocycles. The number of hydrogen-bond donors (Lipinski definition) is 1. The van der Waals surface area contributed by atoms with Crippen molar-refractivity contribution in [2.24, 2.45) is 0 Å². The fourth-order valence-electron chi connectivity index (χ4n) is 0. The molecule has 0 aromatic carbocycles. The van der Waals surface area contributed by atoms with E-state index in [1.165, 1.54) is 0 Å². The number of hydrogen-bond acceptors (Lipinski definition) is 6. The van der Waals surface area contributed by atoms with Gasteiger partial charge in [0.2, 0.25) is 10.4 Å². The molecule has 0 fully saturated rings. The topological polar surface area (TPSA) is 144 Å². The van der Waals surface area contributed by atoms with Gasteiger partial charge in [-0.2, -0.15) is 0 Å². The molecule has 13 heavy (non-hydrogen) atoms. The van der Waals surface area contributed by atoms with Crippen LogP contribution in [0.3, 0.4) is 0 Å². The Morgan fingerprint density at radius 3 is 1.08 bits per heavy atom. The van der Waals surface area contributed by atoms with E-state index in [1.54, 1.807) is 0 Å². The van der Waals surface area contributed by atoms with Crippen LogP contribution in [0.1, 0.15) is 0 Å². The van der Waals surface area contributed by atoms with Gasteiger partial charge in [-0.3, -0.25) is 4.55 Å². The van der Waals surface area contributed by atoms with Crippen molar-refractivity contribution in [1.82, 2.24) is 0 Å². The van der Waals surface area contributed by atoms with Crippen LogP contribution in [0.4, 0.5) is 0 Å². The summed E-state index contributed by atoms with van der Waals surface area (Å²) < 4.78 is 32.8. The molecular weight excluding hydrogens is 262 g/mol. The Hall–Kier alpha value is 2.36. The van der Waals surface area contributed by atoms with E-state index in [0.717, 1.165) is 0 Å². The van der Waals surface area contributed by atoms with Crippen molar-refractivity contribution >= 4 is 10.4 Å². The van der Waals surface area contributed by atoms with Gasteiger partial charge in [0, 0.05) is 0 Å². The SMILES string of the molecule is O=S(=O)([O-])O.O=[N+]([O-])[O-].[Cl-].[Na+].[Na+].[Na+]. The van der Waals surface area contributed by atoms with Crippen LogP contribution in [0.2, 0.25) is 0 Å². The first kappa shape index (κ1) is 36.2. The predicted molar refractivity (Wildman–Crippen MR) is 22.7 cm³/mol. The summed E-state index contributed by atoms with van der Waals surface area (Å²) in [7, 11) is -4.92. The van der Waals surface area contributed by atoms with Crippen molar-refractivity contribution in [3.8, 4) is 0 Å². The van der Waals surface area contributed by atoms with Gasteiger partial charge in [-0.25, -0.2) is 8.42 Å². The Labute approximate surface area is 147 Å². The first-order chi connectivity index (χ1) is 3.73. The molecule has 0 aromatic rings. The first-order valence-corrected chi connectivity index (χ1v) is 2.60. The average Bonchev–Trinajstić information content (AvgIpc) is 1.19. The minimum absolute atomic E-state index is 0. The number of halogens is 1. The Balaban J connectivity index is -0.0000000146. The number of nitrogens with zero attached hydrogens (tertiary/aromatic N) is 1. The maximum atomic E-state index is 8.63. The van der Waals surface area contributed by atoms with Gasteiger partial charge in [0.25, 0.3) is 0 Å². The minimum Gasteiger partial charge on any atom is -1.00 e. The second kappa shape index (κ2) is 19.9. The van der Waals surface area contributed by atoms with Crippen molar-refractivity contribution in [1.29, 1.82) is 0 Å². The summed E-state index contributed by atoms with van der Waals surface area (Å²) in [6.45, 7) is 0. The van der Waals surface area contributed by atoms with E-state index in [2.05, 4.69) is 0 Å². The maximum absolute atomic E-state index is 8.63. The van der Waals surface area contributed by atoms with E-state index in [1.807, 2.05) is 0 Å². The van der Waals surface area contributed by atoms with E-state index >= 15 is 0 Å². The zero-order valence-corrected chi connectivity index (χ0v) is 14.7. The van der Waals surface area contributed by atoms with Gasteiger partial charge in [0.05, 0.1) is 5.09 Å². The van der Waals surface area contributed by atoms with Crippen LogP contribution in [0.15, 0.2) is 0 Å². The van der Waals surface area contributed by atoms with Crippen molar-refractivity contribution < 1.29 is 124 Å². The molecular formula is HClNNa3O7S. The molecule has 0 heterocycles. The second-order valence-corrected chi connectivity index (χ2v) is 1.51. The van der Waals surface area contributed by atoms with Crippen LogP contribution in [-0.4, -0.2) is 22.6 Å². The van der Waals surface area contributed by atoms with Gasteiger partial charge >= 0.3 is 88.7 Å². The summed E-state index contributed by atoms with van der Waals surface area (Å²) in [5, 5.41) is 14.8. The molecule has 8 nitrogen and oxygen atoms in total. The second-order valence-electron chi connectivity index (χ2n) is 0.651. The van der Waals surface area contributed by atoms with Gasteiger partial charge in [-0.05, 0) is 0 Å². The van der Waals surface area contributed by atoms with Crippen LogP contribution >= 0.6 is 0 Å². The summed E-state index contributed by atoms with van der Waals surface area (Å²) in [5.74, 6) is 0. The van der Waals surface area contributed by atoms with Gasteiger partial charge < -0.3 is 32.3 Å². The van der Waals surface area contributed by atoms with Gasteiger partial charge in [-0.1, -0.05) is 0 Å². The zero-order valence-electron chi connectivity index (χ0n) is 7.13. The molecule has 0 aromatic heterocycles. The third-order valence-electron chi connectivity index (χ3n) is 0. The molecule has 0 amide bonds. The summed E-state index contributed by atoms with van der Waals surface area (Å²) in [6.07, 6.45) is 0. The fourth-order valence-corrected chi connectivity index (χ4v) is 0.